The summed E-state index contributed by atoms with van der Waals surface area (Å²) in [6, 6.07) is 4.20. The molecule has 0 radical (unpaired) electrons. The highest BCUT2D eigenvalue weighted by Gasteiger charge is 2.56. The van der Waals surface area contributed by atoms with E-state index in [0.717, 1.165) is 12.1 Å². The molecular weight excluding hydrogens is 297 g/mol. The van der Waals surface area contributed by atoms with Crippen LogP contribution >= 0.6 is 0 Å². The molecule has 1 N–H and O–H groups in total. The monoisotopic (exact) mass is 308 g/mol. The van der Waals surface area contributed by atoms with Crippen LogP contribution in [0.15, 0.2) is 29.2 Å². The number of benzene rings is 1. The minimum atomic E-state index is -5.36. The first-order valence-corrected chi connectivity index (χ1v) is 7.13. The molecule has 0 heterocycles. The summed E-state index contributed by atoms with van der Waals surface area (Å²) in [5, 5.41) is 8.90. The Morgan fingerprint density at radius 1 is 1.30 bits per heavy atom. The third kappa shape index (κ3) is 2.17. The summed E-state index contributed by atoms with van der Waals surface area (Å²) in [4.78, 5) is 10.0. The maximum atomic E-state index is 12.4. The van der Waals surface area contributed by atoms with Crippen LogP contribution in [0.1, 0.15) is 18.9 Å². The third-order valence-electron chi connectivity index (χ3n) is 3.66. The molecule has 0 spiro atoms. The summed E-state index contributed by atoms with van der Waals surface area (Å²) in [6.45, 7) is 1.68. The van der Waals surface area contributed by atoms with Crippen LogP contribution in [0.2, 0.25) is 0 Å². The van der Waals surface area contributed by atoms with Crippen molar-refractivity contribution >= 4 is 15.8 Å². The molecule has 0 amide bonds. The zero-order chi connectivity index (χ0) is 15.3. The zero-order valence-corrected chi connectivity index (χ0v) is 11.1. The van der Waals surface area contributed by atoms with Crippen LogP contribution in [-0.2, 0) is 20.0 Å². The Labute approximate surface area is 113 Å². The molecule has 0 saturated heterocycles. The number of carbonyl (C=O) groups is 1. The second-order valence-electron chi connectivity index (χ2n) is 4.99. The first-order chi connectivity index (χ1) is 9.00. The molecule has 4 nitrogen and oxygen atoms in total. The predicted molar refractivity (Wildman–Crippen MR) is 62.8 cm³/mol. The number of carboxylic acids is 1. The summed E-state index contributed by atoms with van der Waals surface area (Å²) in [6.07, 6.45) is 0.383. The number of hydrogen-bond donors (Lipinski definition) is 1. The Kier molecular flexibility index (Phi) is 3.12. The van der Waals surface area contributed by atoms with Gasteiger partial charge in [-0.1, -0.05) is 19.1 Å². The lowest BCUT2D eigenvalue weighted by Crippen LogP contribution is -2.23. The summed E-state index contributed by atoms with van der Waals surface area (Å²) < 4.78 is 59.5. The van der Waals surface area contributed by atoms with Crippen molar-refractivity contribution < 1.29 is 31.5 Å². The van der Waals surface area contributed by atoms with Crippen LogP contribution in [0, 0.1) is 5.92 Å². The van der Waals surface area contributed by atoms with Crippen molar-refractivity contribution in [1.82, 2.24) is 0 Å². The van der Waals surface area contributed by atoms with E-state index in [4.69, 9.17) is 5.11 Å². The molecule has 1 aromatic carbocycles. The van der Waals surface area contributed by atoms with Gasteiger partial charge in [-0.15, -0.1) is 0 Å². The molecule has 110 valence electrons. The van der Waals surface area contributed by atoms with Gasteiger partial charge in [0.2, 0.25) is 0 Å². The van der Waals surface area contributed by atoms with Crippen LogP contribution in [0.25, 0.3) is 0 Å². The highest BCUT2D eigenvalue weighted by molar-refractivity contribution is 7.92. The van der Waals surface area contributed by atoms with Crippen molar-refractivity contribution in [3.63, 3.8) is 0 Å². The quantitative estimate of drug-likeness (QED) is 0.930. The van der Waals surface area contributed by atoms with Crippen LogP contribution in [0.4, 0.5) is 13.2 Å². The first kappa shape index (κ1) is 14.8. The van der Waals surface area contributed by atoms with E-state index < -0.39 is 37.5 Å². The fourth-order valence-electron chi connectivity index (χ4n) is 2.19. The molecule has 0 bridgehead atoms. The van der Waals surface area contributed by atoms with Crippen LogP contribution in [-0.4, -0.2) is 25.0 Å². The van der Waals surface area contributed by atoms with E-state index in [9.17, 15) is 26.4 Å². The molecule has 1 aliphatic carbocycles. The third-order valence-corrected chi connectivity index (χ3v) is 5.17. The standard InChI is InChI=1S/C12H11F3O4S/c1-11(6-9(11)10(16)17)7-2-4-8(5-3-7)20(18,19)12(13,14)15/h2-5,9H,6H2,1H3,(H,16,17). The van der Waals surface area contributed by atoms with E-state index in [0.29, 0.717) is 12.0 Å². The predicted octanol–water partition coefficient (Wildman–Crippen LogP) is 2.34. The highest BCUT2D eigenvalue weighted by atomic mass is 32.2. The average Bonchev–Trinajstić information content (AvgIpc) is 3.02. The minimum absolute atomic E-state index is 0.383. The number of alkyl halides is 3. The van der Waals surface area contributed by atoms with Gasteiger partial charge in [0.1, 0.15) is 0 Å². The van der Waals surface area contributed by atoms with Crippen LogP contribution < -0.4 is 0 Å². The summed E-state index contributed by atoms with van der Waals surface area (Å²) in [5.74, 6) is -1.56. The fraction of sp³-hybridized carbons (Fsp3) is 0.417. The molecule has 1 aromatic rings. The molecule has 2 rings (SSSR count). The van der Waals surface area contributed by atoms with E-state index >= 15 is 0 Å². The van der Waals surface area contributed by atoms with Gasteiger partial charge in [-0.05, 0) is 24.1 Å². The van der Waals surface area contributed by atoms with Gasteiger partial charge in [0.25, 0.3) is 9.84 Å². The van der Waals surface area contributed by atoms with Gasteiger partial charge in [-0.3, -0.25) is 4.79 Å². The second-order valence-corrected chi connectivity index (χ2v) is 6.93. The molecule has 2 unspecified atom stereocenters. The van der Waals surface area contributed by atoms with Crippen molar-refractivity contribution in [2.24, 2.45) is 5.92 Å². The zero-order valence-electron chi connectivity index (χ0n) is 10.3. The summed E-state index contributed by atoms with van der Waals surface area (Å²) in [5.41, 5.74) is -5.47. The van der Waals surface area contributed by atoms with Crippen molar-refractivity contribution in [3.05, 3.63) is 29.8 Å². The van der Waals surface area contributed by atoms with Gasteiger partial charge in [0, 0.05) is 5.41 Å². The number of carboxylic acid groups (broad SMARTS) is 1. The lowest BCUT2D eigenvalue weighted by molar-refractivity contribution is -0.138. The van der Waals surface area contributed by atoms with E-state index in [1.165, 1.54) is 12.1 Å². The lowest BCUT2D eigenvalue weighted by Gasteiger charge is -2.12. The summed E-state index contributed by atoms with van der Waals surface area (Å²) >= 11 is 0. The largest absolute Gasteiger partial charge is 0.501 e. The molecular formula is C12H11F3O4S. The molecule has 1 fully saturated rings. The van der Waals surface area contributed by atoms with Gasteiger partial charge < -0.3 is 5.11 Å². The smallest absolute Gasteiger partial charge is 0.481 e. The Morgan fingerprint density at radius 3 is 2.15 bits per heavy atom. The molecule has 1 saturated carbocycles. The SMILES string of the molecule is CC1(c2ccc(S(=O)(=O)C(F)(F)F)cc2)CC1C(=O)O. The molecule has 2 atom stereocenters. The average molecular weight is 308 g/mol. The Bertz CT molecular complexity index is 648. The van der Waals surface area contributed by atoms with Crippen molar-refractivity contribution in [2.75, 3.05) is 0 Å². The maximum absolute atomic E-state index is 12.4. The van der Waals surface area contributed by atoms with Gasteiger partial charge in [0.05, 0.1) is 10.8 Å². The van der Waals surface area contributed by atoms with E-state index in [2.05, 4.69) is 0 Å². The summed E-state index contributed by atoms with van der Waals surface area (Å²) in [7, 11) is -5.36. The number of halogens is 3. The molecule has 0 aromatic heterocycles. The molecule has 0 aliphatic heterocycles. The van der Waals surface area contributed by atoms with Gasteiger partial charge in [0.15, 0.2) is 0 Å². The molecule has 1 aliphatic rings. The van der Waals surface area contributed by atoms with Gasteiger partial charge >= 0.3 is 11.5 Å². The molecule has 20 heavy (non-hydrogen) atoms. The number of hydrogen-bond acceptors (Lipinski definition) is 3. The van der Waals surface area contributed by atoms with Gasteiger partial charge in [-0.2, -0.15) is 13.2 Å². The van der Waals surface area contributed by atoms with Crippen LogP contribution in [0.3, 0.4) is 0 Å². The maximum Gasteiger partial charge on any atom is 0.501 e. The van der Waals surface area contributed by atoms with E-state index in [-0.39, 0.29) is 0 Å². The number of sulfone groups is 1. The van der Waals surface area contributed by atoms with Crippen molar-refractivity contribution in [3.8, 4) is 0 Å². The topological polar surface area (TPSA) is 71.4 Å². The van der Waals surface area contributed by atoms with Gasteiger partial charge in [-0.25, -0.2) is 8.42 Å². The second kappa shape index (κ2) is 4.21. The normalized spacial score (nSPS) is 26.3. The van der Waals surface area contributed by atoms with E-state index in [1.807, 2.05) is 0 Å². The fourth-order valence-corrected chi connectivity index (χ4v) is 2.95. The molecule has 8 heteroatoms. The number of rotatable bonds is 3. The minimum Gasteiger partial charge on any atom is -0.481 e. The Balaban J connectivity index is 2.32. The first-order valence-electron chi connectivity index (χ1n) is 5.65. The Hall–Kier alpha value is -1.57. The van der Waals surface area contributed by atoms with E-state index in [1.54, 1.807) is 6.92 Å². The van der Waals surface area contributed by atoms with Crippen LogP contribution in [0.5, 0.6) is 0 Å². The lowest BCUT2D eigenvalue weighted by atomic mass is 9.96. The highest BCUT2D eigenvalue weighted by Crippen LogP contribution is 2.54. The van der Waals surface area contributed by atoms with Crippen molar-refractivity contribution in [1.29, 1.82) is 0 Å². The Morgan fingerprint density at radius 2 is 1.80 bits per heavy atom. The number of aliphatic carboxylic acids is 1. The van der Waals surface area contributed by atoms with Crippen molar-refractivity contribution in [2.45, 2.75) is 29.2 Å².